The molecule has 2 unspecified atom stereocenters. The molecular formula is C14H15BrN2O3. The number of nitrogens with one attached hydrogen (secondary N) is 1. The molecule has 1 aromatic rings. The van der Waals surface area contributed by atoms with Crippen LogP contribution >= 0.6 is 15.9 Å². The fraction of sp³-hybridized carbons (Fsp3) is 0.357. The Morgan fingerprint density at radius 3 is 2.60 bits per heavy atom. The molecule has 2 atom stereocenters. The molecule has 1 aliphatic rings. The van der Waals surface area contributed by atoms with Crippen molar-refractivity contribution < 1.29 is 14.7 Å². The highest BCUT2D eigenvalue weighted by Crippen LogP contribution is 2.27. The number of carboxylic acids is 1. The molecule has 5 nitrogen and oxygen atoms in total. The topological polar surface area (TPSA) is 79.3 Å². The summed E-state index contributed by atoms with van der Waals surface area (Å²) in [6.07, 6.45) is 6.10. The highest BCUT2D eigenvalue weighted by atomic mass is 79.9. The van der Waals surface area contributed by atoms with Crippen LogP contribution in [0.5, 0.6) is 0 Å². The number of aromatic nitrogens is 1. The zero-order chi connectivity index (χ0) is 14.7. The largest absolute Gasteiger partial charge is 0.481 e. The van der Waals surface area contributed by atoms with E-state index in [2.05, 4.69) is 26.2 Å². The van der Waals surface area contributed by atoms with Gasteiger partial charge in [-0.2, -0.15) is 0 Å². The molecule has 1 amide bonds. The van der Waals surface area contributed by atoms with Crippen LogP contribution in [-0.2, 0) is 9.59 Å². The molecule has 0 aromatic carbocycles. The highest BCUT2D eigenvalue weighted by molar-refractivity contribution is 9.10. The number of aliphatic carboxylic acids is 1. The number of carbonyl (C=O) groups excluding carboxylic acids is 1. The number of carboxylic acid groups (broad SMARTS) is 1. The van der Waals surface area contributed by atoms with Gasteiger partial charge < -0.3 is 10.4 Å². The van der Waals surface area contributed by atoms with Crippen LogP contribution in [0.2, 0.25) is 0 Å². The van der Waals surface area contributed by atoms with Crippen molar-refractivity contribution in [1.29, 1.82) is 0 Å². The van der Waals surface area contributed by atoms with Crippen molar-refractivity contribution in [3.05, 3.63) is 34.5 Å². The molecule has 0 saturated carbocycles. The lowest BCUT2D eigenvalue weighted by Crippen LogP contribution is -2.34. The molecular weight excluding hydrogens is 324 g/mol. The number of pyridine rings is 1. The Balaban J connectivity index is 2.12. The lowest BCUT2D eigenvalue weighted by Gasteiger charge is -2.24. The van der Waals surface area contributed by atoms with Crippen LogP contribution in [0.1, 0.15) is 18.4 Å². The van der Waals surface area contributed by atoms with Crippen molar-refractivity contribution >= 4 is 33.6 Å². The minimum absolute atomic E-state index is 0.295. The van der Waals surface area contributed by atoms with Crippen LogP contribution in [0.25, 0.3) is 0 Å². The van der Waals surface area contributed by atoms with Gasteiger partial charge in [-0.1, -0.05) is 12.2 Å². The van der Waals surface area contributed by atoms with Crippen LogP contribution in [0.4, 0.5) is 5.82 Å². The quantitative estimate of drug-likeness (QED) is 0.830. The second kappa shape index (κ2) is 6.17. The summed E-state index contributed by atoms with van der Waals surface area (Å²) in [5.74, 6) is -2.01. The molecule has 1 aromatic heterocycles. The number of amides is 1. The number of carbonyl (C=O) groups is 2. The van der Waals surface area contributed by atoms with E-state index in [1.54, 1.807) is 12.3 Å². The van der Waals surface area contributed by atoms with Gasteiger partial charge in [-0.05, 0) is 47.3 Å². The van der Waals surface area contributed by atoms with Gasteiger partial charge in [0.05, 0.1) is 11.8 Å². The van der Waals surface area contributed by atoms with Crippen LogP contribution in [0.3, 0.4) is 0 Å². The van der Waals surface area contributed by atoms with E-state index in [0.29, 0.717) is 18.7 Å². The number of hydrogen-bond acceptors (Lipinski definition) is 3. The predicted molar refractivity (Wildman–Crippen MR) is 78.3 cm³/mol. The SMILES string of the molecule is Cc1cc(NC(=O)C2CC=CCC2C(=O)O)ncc1Br. The maximum absolute atomic E-state index is 12.2. The molecule has 2 N–H and O–H groups in total. The molecule has 0 aliphatic heterocycles. The Kier molecular flexibility index (Phi) is 4.54. The molecule has 0 spiro atoms. The second-order valence-corrected chi connectivity index (χ2v) is 5.66. The summed E-state index contributed by atoms with van der Waals surface area (Å²) >= 11 is 3.34. The maximum Gasteiger partial charge on any atom is 0.307 e. The van der Waals surface area contributed by atoms with Gasteiger partial charge in [-0.15, -0.1) is 0 Å². The van der Waals surface area contributed by atoms with Crippen molar-refractivity contribution in [2.75, 3.05) is 5.32 Å². The first-order valence-electron chi connectivity index (χ1n) is 6.30. The maximum atomic E-state index is 12.2. The molecule has 0 saturated heterocycles. The lowest BCUT2D eigenvalue weighted by molar-refractivity contribution is -0.146. The van der Waals surface area contributed by atoms with E-state index in [1.807, 2.05) is 19.1 Å². The first-order valence-corrected chi connectivity index (χ1v) is 7.09. The molecule has 106 valence electrons. The summed E-state index contributed by atoms with van der Waals surface area (Å²) in [6, 6.07) is 1.75. The monoisotopic (exact) mass is 338 g/mol. The first-order chi connectivity index (χ1) is 9.49. The molecule has 0 bridgehead atoms. The van der Waals surface area contributed by atoms with Gasteiger partial charge in [-0.3, -0.25) is 9.59 Å². The van der Waals surface area contributed by atoms with Crippen molar-refractivity contribution in [3.63, 3.8) is 0 Å². The normalized spacial score (nSPS) is 21.5. The number of halogens is 1. The van der Waals surface area contributed by atoms with E-state index in [4.69, 9.17) is 5.11 Å². The smallest absolute Gasteiger partial charge is 0.307 e. The zero-order valence-corrected chi connectivity index (χ0v) is 12.6. The summed E-state index contributed by atoms with van der Waals surface area (Å²) in [5.41, 5.74) is 0.952. The van der Waals surface area contributed by atoms with E-state index in [1.165, 1.54) is 0 Å². The molecule has 6 heteroatoms. The number of nitrogens with zero attached hydrogens (tertiary/aromatic N) is 1. The molecule has 0 radical (unpaired) electrons. The van der Waals surface area contributed by atoms with Crippen molar-refractivity contribution in [1.82, 2.24) is 4.98 Å². The average Bonchev–Trinajstić information content (AvgIpc) is 2.43. The molecule has 1 aliphatic carbocycles. The average molecular weight is 339 g/mol. The third-order valence-corrected chi connectivity index (χ3v) is 4.21. The van der Waals surface area contributed by atoms with E-state index in [9.17, 15) is 9.59 Å². The van der Waals surface area contributed by atoms with Crippen LogP contribution < -0.4 is 5.32 Å². The van der Waals surface area contributed by atoms with E-state index in [-0.39, 0.29) is 5.91 Å². The first kappa shape index (κ1) is 14.7. The van der Waals surface area contributed by atoms with Gasteiger partial charge in [0.1, 0.15) is 5.82 Å². The highest BCUT2D eigenvalue weighted by Gasteiger charge is 2.34. The number of anilines is 1. The summed E-state index contributed by atoms with van der Waals surface area (Å²) in [6.45, 7) is 1.89. The van der Waals surface area contributed by atoms with Crippen LogP contribution in [0.15, 0.2) is 28.9 Å². The third kappa shape index (κ3) is 3.25. The summed E-state index contributed by atoms with van der Waals surface area (Å²) in [4.78, 5) is 27.5. The van der Waals surface area contributed by atoms with Crippen molar-refractivity contribution in [2.24, 2.45) is 11.8 Å². The Morgan fingerprint density at radius 1 is 1.35 bits per heavy atom. The number of allylic oxidation sites excluding steroid dienone is 2. The Labute approximate surface area is 125 Å². The number of rotatable bonds is 3. The molecule has 20 heavy (non-hydrogen) atoms. The standard InChI is InChI=1S/C14H15BrN2O3/c1-8-6-12(16-7-11(8)15)17-13(18)9-4-2-3-5-10(9)14(19)20/h2-3,6-7,9-10H,4-5H2,1H3,(H,19,20)(H,16,17,18). The van der Waals surface area contributed by atoms with Gasteiger partial charge in [0.25, 0.3) is 0 Å². The summed E-state index contributed by atoms with van der Waals surface area (Å²) in [5, 5.41) is 11.9. The lowest BCUT2D eigenvalue weighted by atomic mass is 9.82. The van der Waals surface area contributed by atoms with E-state index in [0.717, 1.165) is 10.0 Å². The second-order valence-electron chi connectivity index (χ2n) is 4.80. The fourth-order valence-electron chi connectivity index (χ4n) is 2.20. The minimum Gasteiger partial charge on any atom is -0.481 e. The van der Waals surface area contributed by atoms with Gasteiger partial charge in [0.2, 0.25) is 5.91 Å². The van der Waals surface area contributed by atoms with Gasteiger partial charge in [-0.25, -0.2) is 4.98 Å². The minimum atomic E-state index is -0.936. The molecule has 1 heterocycles. The molecule has 0 fully saturated rings. The fourth-order valence-corrected chi connectivity index (χ4v) is 2.42. The Morgan fingerprint density at radius 2 is 2.00 bits per heavy atom. The van der Waals surface area contributed by atoms with Crippen LogP contribution in [0, 0.1) is 18.8 Å². The van der Waals surface area contributed by atoms with Crippen molar-refractivity contribution in [3.8, 4) is 0 Å². The Hall–Kier alpha value is -1.69. The molecule has 2 rings (SSSR count). The number of aryl methyl sites for hydroxylation is 1. The van der Waals surface area contributed by atoms with E-state index < -0.39 is 17.8 Å². The van der Waals surface area contributed by atoms with Gasteiger partial charge in [0.15, 0.2) is 0 Å². The van der Waals surface area contributed by atoms with Gasteiger partial charge in [0, 0.05) is 10.7 Å². The van der Waals surface area contributed by atoms with Crippen LogP contribution in [-0.4, -0.2) is 22.0 Å². The third-order valence-electron chi connectivity index (χ3n) is 3.38. The van der Waals surface area contributed by atoms with Gasteiger partial charge >= 0.3 is 5.97 Å². The summed E-state index contributed by atoms with van der Waals surface area (Å²) < 4.78 is 0.861. The van der Waals surface area contributed by atoms with Crippen molar-refractivity contribution in [2.45, 2.75) is 19.8 Å². The Bertz CT molecular complexity index is 572. The number of hydrogen-bond donors (Lipinski definition) is 2. The van der Waals surface area contributed by atoms with E-state index >= 15 is 0 Å². The zero-order valence-electron chi connectivity index (χ0n) is 11.0. The predicted octanol–water partition coefficient (Wildman–Crippen LogP) is 2.76. The summed E-state index contributed by atoms with van der Waals surface area (Å²) in [7, 11) is 0.